The first-order valence-corrected chi connectivity index (χ1v) is 3.04. The van der Waals surface area contributed by atoms with Gasteiger partial charge in [0.05, 0.1) is 0 Å². The zero-order valence-corrected chi connectivity index (χ0v) is 4.63. The molecular formula is CH5N2O4P. The molecule has 0 spiro atoms. The molecule has 0 fully saturated rings. The number of amidine groups is 1. The van der Waals surface area contributed by atoms with Crippen LogP contribution >= 0.6 is 7.82 Å². The molecule has 0 amide bonds. The summed E-state index contributed by atoms with van der Waals surface area (Å²) in [4.78, 5) is 15.7. The van der Waals surface area contributed by atoms with Crippen LogP contribution in [0.15, 0.2) is 0 Å². The molecule has 0 aromatic heterocycles. The largest absolute Gasteiger partial charge is 0.527 e. The molecule has 7 heteroatoms. The van der Waals surface area contributed by atoms with Gasteiger partial charge in [-0.3, -0.25) is 15.2 Å². The van der Waals surface area contributed by atoms with E-state index in [1.807, 2.05) is 0 Å². The van der Waals surface area contributed by atoms with Gasteiger partial charge in [-0.2, -0.15) is 0 Å². The van der Waals surface area contributed by atoms with Crippen molar-refractivity contribution in [3.8, 4) is 0 Å². The SMILES string of the molecule is N=C(N)OP(=O)(O)O. The number of rotatable bonds is 1. The van der Waals surface area contributed by atoms with Gasteiger partial charge in [-0.25, -0.2) is 4.57 Å². The summed E-state index contributed by atoms with van der Waals surface area (Å²) in [5, 5.41) is 6.21. The van der Waals surface area contributed by atoms with Crippen LogP contribution in [0.2, 0.25) is 0 Å². The number of phosphoric ester groups is 1. The summed E-state index contributed by atoms with van der Waals surface area (Å²) in [5.74, 6) is 0. The molecule has 0 aromatic rings. The van der Waals surface area contributed by atoms with Gasteiger partial charge in [-0.05, 0) is 0 Å². The summed E-state index contributed by atoms with van der Waals surface area (Å²) in [6.45, 7) is 0. The van der Waals surface area contributed by atoms with E-state index in [0.717, 1.165) is 0 Å². The van der Waals surface area contributed by atoms with Crippen LogP contribution in [0.4, 0.5) is 0 Å². The molecule has 0 aliphatic heterocycles. The molecule has 0 rings (SSSR count). The average Bonchev–Trinajstić information content (AvgIpc) is 1.21. The summed E-state index contributed by atoms with van der Waals surface area (Å²) >= 11 is 0. The Morgan fingerprint density at radius 1 is 1.75 bits per heavy atom. The van der Waals surface area contributed by atoms with Crippen LogP contribution in [-0.4, -0.2) is 15.8 Å². The maximum absolute atomic E-state index is 9.69. The maximum atomic E-state index is 9.69. The van der Waals surface area contributed by atoms with E-state index in [1.165, 1.54) is 0 Å². The van der Waals surface area contributed by atoms with Crippen molar-refractivity contribution < 1.29 is 18.9 Å². The molecule has 0 bridgehead atoms. The fourth-order valence-electron chi connectivity index (χ4n) is 0.128. The van der Waals surface area contributed by atoms with Gasteiger partial charge < -0.3 is 10.3 Å². The van der Waals surface area contributed by atoms with Gasteiger partial charge in [-0.1, -0.05) is 0 Å². The first kappa shape index (κ1) is 7.42. The smallest absolute Gasteiger partial charge is 0.371 e. The lowest BCUT2D eigenvalue weighted by Gasteiger charge is -2.00. The van der Waals surface area contributed by atoms with Crippen LogP contribution in [0, 0.1) is 5.41 Å². The summed E-state index contributed by atoms with van der Waals surface area (Å²) in [7, 11) is -4.57. The molecular weight excluding hydrogens is 135 g/mol. The Hall–Kier alpha value is -0.580. The first-order chi connectivity index (χ1) is 3.42. The Kier molecular flexibility index (Phi) is 1.97. The second kappa shape index (κ2) is 2.13. The number of nitrogens with one attached hydrogen (secondary N) is 1. The Bertz CT molecular complexity index is 137. The third-order valence-electron chi connectivity index (χ3n) is 0.217. The fraction of sp³-hybridized carbons (Fsp3) is 0. The van der Waals surface area contributed by atoms with E-state index in [-0.39, 0.29) is 0 Å². The highest BCUT2D eigenvalue weighted by molar-refractivity contribution is 7.46. The quantitative estimate of drug-likeness (QED) is 0.211. The highest BCUT2D eigenvalue weighted by atomic mass is 31.2. The Morgan fingerprint density at radius 3 is 2.12 bits per heavy atom. The lowest BCUT2D eigenvalue weighted by molar-refractivity contribution is 0.276. The Labute approximate surface area is 45.0 Å². The third kappa shape index (κ3) is 5.42. The number of phosphoric acid groups is 1. The molecule has 5 N–H and O–H groups in total. The van der Waals surface area contributed by atoms with Crippen molar-refractivity contribution in [1.29, 1.82) is 5.41 Å². The fourth-order valence-corrected chi connectivity index (χ4v) is 0.384. The van der Waals surface area contributed by atoms with E-state index in [0.29, 0.717) is 0 Å². The molecule has 0 unspecified atom stereocenters. The van der Waals surface area contributed by atoms with Gasteiger partial charge in [0, 0.05) is 0 Å². The maximum Gasteiger partial charge on any atom is 0.527 e. The van der Waals surface area contributed by atoms with Gasteiger partial charge in [0.1, 0.15) is 0 Å². The first-order valence-electron chi connectivity index (χ1n) is 1.51. The molecule has 48 valence electrons. The molecule has 0 aliphatic carbocycles. The molecule has 0 saturated carbocycles. The summed E-state index contributed by atoms with van der Waals surface area (Å²) in [6.07, 6.45) is 0. The van der Waals surface area contributed by atoms with E-state index in [9.17, 15) is 4.57 Å². The van der Waals surface area contributed by atoms with Crippen molar-refractivity contribution in [3.63, 3.8) is 0 Å². The van der Waals surface area contributed by atoms with Crippen molar-refractivity contribution in [3.05, 3.63) is 0 Å². The van der Waals surface area contributed by atoms with Crippen LogP contribution in [0.1, 0.15) is 0 Å². The predicted octanol–water partition coefficient (Wildman–Crippen LogP) is -1.01. The highest BCUT2D eigenvalue weighted by Crippen LogP contribution is 2.34. The molecule has 8 heavy (non-hydrogen) atoms. The van der Waals surface area contributed by atoms with E-state index in [2.05, 4.69) is 10.3 Å². The number of hydrogen-bond donors (Lipinski definition) is 4. The van der Waals surface area contributed by atoms with E-state index < -0.39 is 13.8 Å². The van der Waals surface area contributed by atoms with Crippen LogP contribution in [-0.2, 0) is 9.09 Å². The lowest BCUT2D eigenvalue weighted by Crippen LogP contribution is -2.11. The summed E-state index contributed by atoms with van der Waals surface area (Å²) in [6, 6.07) is -0.988. The normalized spacial score (nSPS) is 10.8. The molecule has 0 atom stereocenters. The molecule has 0 saturated heterocycles. The van der Waals surface area contributed by atoms with E-state index >= 15 is 0 Å². The lowest BCUT2D eigenvalue weighted by atomic mass is 11.3. The molecule has 0 aromatic carbocycles. The number of hydrogen-bond acceptors (Lipinski definition) is 3. The number of nitrogens with two attached hydrogens (primary N) is 1. The van der Waals surface area contributed by atoms with Crippen LogP contribution < -0.4 is 5.73 Å². The monoisotopic (exact) mass is 140 g/mol. The zero-order chi connectivity index (χ0) is 6.78. The second-order valence-electron chi connectivity index (χ2n) is 0.946. The highest BCUT2D eigenvalue weighted by Gasteiger charge is 2.15. The Balaban J connectivity index is 3.74. The summed E-state index contributed by atoms with van der Waals surface area (Å²) in [5.41, 5.74) is 4.45. The van der Waals surface area contributed by atoms with Crippen molar-refractivity contribution in [2.45, 2.75) is 0 Å². The molecule has 0 heterocycles. The van der Waals surface area contributed by atoms with Gasteiger partial charge in [0.15, 0.2) is 0 Å². The van der Waals surface area contributed by atoms with Crippen molar-refractivity contribution in [2.75, 3.05) is 0 Å². The van der Waals surface area contributed by atoms with Gasteiger partial charge in [0.2, 0.25) is 0 Å². The third-order valence-corrected chi connectivity index (χ3v) is 0.652. The van der Waals surface area contributed by atoms with Gasteiger partial charge >= 0.3 is 7.82 Å². The molecule has 0 aliphatic rings. The minimum Gasteiger partial charge on any atom is -0.371 e. The minimum absolute atomic E-state index is 0.988. The van der Waals surface area contributed by atoms with Crippen LogP contribution in [0.3, 0.4) is 0 Å². The Morgan fingerprint density at radius 2 is 2.12 bits per heavy atom. The molecule has 0 radical (unpaired) electrons. The van der Waals surface area contributed by atoms with E-state index in [4.69, 9.17) is 15.2 Å². The molecule has 6 nitrogen and oxygen atoms in total. The standard InChI is InChI=1S/CH5N2O4P/c2-1(3)7-8(4,5)6/h(H3,2,3)(H2,4,5,6). The van der Waals surface area contributed by atoms with Crippen LogP contribution in [0.5, 0.6) is 0 Å². The predicted molar refractivity (Wildman–Crippen MR) is 25.0 cm³/mol. The van der Waals surface area contributed by atoms with Crippen molar-refractivity contribution in [1.82, 2.24) is 0 Å². The minimum atomic E-state index is -4.57. The van der Waals surface area contributed by atoms with Crippen molar-refractivity contribution in [2.24, 2.45) is 5.73 Å². The van der Waals surface area contributed by atoms with Gasteiger partial charge in [0.25, 0.3) is 6.02 Å². The topological polar surface area (TPSA) is 117 Å². The van der Waals surface area contributed by atoms with Crippen molar-refractivity contribution >= 4 is 13.8 Å². The zero-order valence-electron chi connectivity index (χ0n) is 3.74. The summed E-state index contributed by atoms with van der Waals surface area (Å²) < 4.78 is 13.2. The van der Waals surface area contributed by atoms with Gasteiger partial charge in [-0.15, -0.1) is 0 Å². The van der Waals surface area contributed by atoms with Crippen LogP contribution in [0.25, 0.3) is 0 Å². The second-order valence-corrected chi connectivity index (χ2v) is 2.11. The average molecular weight is 140 g/mol. The van der Waals surface area contributed by atoms with E-state index in [1.54, 1.807) is 0 Å².